The molecule has 2 aliphatic heterocycles. The van der Waals surface area contributed by atoms with Crippen LogP contribution < -0.4 is 9.80 Å². The molecular formula is C27H27N3O5. The number of amides is 3. The SMILES string of the molecule is CC(=O)N1c2ccc(-c3ccc(C(=O)N4CCOCC4)cc3)cc2N(C(=O)c2ccco2)C[C@@H]1C. The van der Waals surface area contributed by atoms with Gasteiger partial charge in [0.2, 0.25) is 5.91 Å². The molecule has 5 rings (SSSR count). The molecule has 0 spiro atoms. The van der Waals surface area contributed by atoms with E-state index in [1.807, 2.05) is 49.4 Å². The smallest absolute Gasteiger partial charge is 0.294 e. The first-order valence-corrected chi connectivity index (χ1v) is 11.7. The Hall–Kier alpha value is -3.91. The summed E-state index contributed by atoms with van der Waals surface area (Å²) < 4.78 is 10.7. The van der Waals surface area contributed by atoms with Crippen molar-refractivity contribution in [2.75, 3.05) is 42.6 Å². The van der Waals surface area contributed by atoms with Gasteiger partial charge < -0.3 is 23.9 Å². The number of carbonyl (C=O) groups is 3. The monoisotopic (exact) mass is 473 g/mol. The van der Waals surface area contributed by atoms with Crippen LogP contribution in [-0.4, -0.2) is 61.5 Å². The Balaban J connectivity index is 1.48. The van der Waals surface area contributed by atoms with Crippen molar-refractivity contribution in [1.82, 2.24) is 4.90 Å². The lowest BCUT2D eigenvalue weighted by molar-refractivity contribution is -0.117. The fourth-order valence-electron chi connectivity index (χ4n) is 4.76. The molecule has 3 heterocycles. The first kappa shape index (κ1) is 22.9. The van der Waals surface area contributed by atoms with E-state index in [4.69, 9.17) is 9.15 Å². The molecule has 2 aliphatic rings. The molecule has 1 saturated heterocycles. The Labute approximate surface area is 203 Å². The van der Waals surface area contributed by atoms with E-state index in [9.17, 15) is 14.4 Å². The number of anilines is 2. The Kier molecular flexibility index (Phi) is 6.13. The second kappa shape index (κ2) is 9.38. The fraction of sp³-hybridized carbons (Fsp3) is 0.296. The predicted octanol–water partition coefficient (Wildman–Crippen LogP) is 3.82. The summed E-state index contributed by atoms with van der Waals surface area (Å²) in [7, 11) is 0. The van der Waals surface area contributed by atoms with Crippen LogP contribution >= 0.6 is 0 Å². The second-order valence-corrected chi connectivity index (χ2v) is 8.82. The van der Waals surface area contributed by atoms with Crippen LogP contribution in [0.15, 0.2) is 65.3 Å². The van der Waals surface area contributed by atoms with E-state index in [0.717, 1.165) is 11.1 Å². The van der Waals surface area contributed by atoms with Crippen LogP contribution in [-0.2, 0) is 9.53 Å². The lowest BCUT2D eigenvalue weighted by atomic mass is 9.99. The lowest BCUT2D eigenvalue weighted by Crippen LogP contribution is -2.51. The maximum absolute atomic E-state index is 13.2. The summed E-state index contributed by atoms with van der Waals surface area (Å²) in [5.41, 5.74) is 3.73. The fourth-order valence-corrected chi connectivity index (χ4v) is 4.76. The Morgan fingerprint density at radius 3 is 2.26 bits per heavy atom. The molecule has 35 heavy (non-hydrogen) atoms. The molecule has 180 valence electrons. The number of morpholine rings is 1. The van der Waals surface area contributed by atoms with Gasteiger partial charge in [0.15, 0.2) is 5.76 Å². The largest absolute Gasteiger partial charge is 0.459 e. The third kappa shape index (κ3) is 4.33. The average Bonchev–Trinajstić information content (AvgIpc) is 3.42. The summed E-state index contributed by atoms with van der Waals surface area (Å²) in [6.45, 7) is 6.10. The van der Waals surface area contributed by atoms with E-state index in [-0.39, 0.29) is 29.5 Å². The molecule has 8 nitrogen and oxygen atoms in total. The minimum absolute atomic E-state index is 0.00778. The summed E-state index contributed by atoms with van der Waals surface area (Å²) >= 11 is 0. The zero-order valence-electron chi connectivity index (χ0n) is 19.8. The zero-order chi connectivity index (χ0) is 24.5. The van der Waals surface area contributed by atoms with E-state index >= 15 is 0 Å². The number of hydrogen-bond acceptors (Lipinski definition) is 5. The summed E-state index contributed by atoms with van der Waals surface area (Å²) in [4.78, 5) is 43.6. The summed E-state index contributed by atoms with van der Waals surface area (Å²) in [6, 6.07) is 16.3. The Morgan fingerprint density at radius 1 is 0.886 bits per heavy atom. The van der Waals surface area contributed by atoms with Gasteiger partial charge in [0.05, 0.1) is 36.9 Å². The number of furan rings is 1. The van der Waals surface area contributed by atoms with Crippen LogP contribution in [0.25, 0.3) is 11.1 Å². The topological polar surface area (TPSA) is 83.3 Å². The minimum Gasteiger partial charge on any atom is -0.459 e. The van der Waals surface area contributed by atoms with Crippen LogP contribution in [0.2, 0.25) is 0 Å². The maximum atomic E-state index is 13.2. The number of ether oxygens (including phenoxy) is 1. The van der Waals surface area contributed by atoms with Crippen molar-refractivity contribution in [2.45, 2.75) is 19.9 Å². The van der Waals surface area contributed by atoms with Gasteiger partial charge in [0, 0.05) is 32.1 Å². The number of carbonyl (C=O) groups excluding carboxylic acids is 3. The van der Waals surface area contributed by atoms with Crippen LogP contribution in [0.4, 0.5) is 11.4 Å². The molecule has 1 aromatic heterocycles. The van der Waals surface area contributed by atoms with Gasteiger partial charge in [-0.1, -0.05) is 18.2 Å². The quantitative estimate of drug-likeness (QED) is 0.578. The molecule has 8 heteroatoms. The van der Waals surface area contributed by atoms with E-state index < -0.39 is 0 Å². The highest BCUT2D eigenvalue weighted by Crippen LogP contribution is 2.39. The molecule has 0 N–H and O–H groups in total. The molecule has 2 aromatic carbocycles. The molecule has 3 amide bonds. The van der Waals surface area contributed by atoms with Crippen LogP contribution in [0.3, 0.4) is 0 Å². The van der Waals surface area contributed by atoms with E-state index in [1.165, 1.54) is 13.2 Å². The first-order valence-electron chi connectivity index (χ1n) is 11.7. The Morgan fingerprint density at radius 2 is 1.60 bits per heavy atom. The van der Waals surface area contributed by atoms with E-state index in [2.05, 4.69) is 0 Å². The highest BCUT2D eigenvalue weighted by molar-refractivity contribution is 6.10. The molecule has 0 unspecified atom stereocenters. The van der Waals surface area contributed by atoms with Crippen molar-refractivity contribution in [3.63, 3.8) is 0 Å². The molecule has 1 atom stereocenters. The number of hydrogen-bond donors (Lipinski definition) is 0. The zero-order valence-corrected chi connectivity index (χ0v) is 19.8. The highest BCUT2D eigenvalue weighted by Gasteiger charge is 2.35. The molecule has 0 aliphatic carbocycles. The van der Waals surface area contributed by atoms with Crippen molar-refractivity contribution >= 4 is 29.1 Å². The predicted molar refractivity (Wildman–Crippen MR) is 132 cm³/mol. The van der Waals surface area contributed by atoms with Gasteiger partial charge in [0.25, 0.3) is 11.8 Å². The number of fused-ring (bicyclic) bond motifs is 1. The van der Waals surface area contributed by atoms with Crippen molar-refractivity contribution < 1.29 is 23.5 Å². The summed E-state index contributed by atoms with van der Waals surface area (Å²) in [5.74, 6) is -0.0973. The molecule has 3 aromatic rings. The Bertz CT molecular complexity index is 1250. The van der Waals surface area contributed by atoms with Gasteiger partial charge in [-0.05, 0) is 54.4 Å². The van der Waals surface area contributed by atoms with Crippen LogP contribution in [0.5, 0.6) is 0 Å². The average molecular weight is 474 g/mol. The van der Waals surface area contributed by atoms with E-state index in [0.29, 0.717) is 49.8 Å². The molecule has 0 bridgehead atoms. The molecule has 0 saturated carbocycles. The lowest BCUT2D eigenvalue weighted by Gasteiger charge is -2.40. The van der Waals surface area contributed by atoms with Gasteiger partial charge in [-0.15, -0.1) is 0 Å². The maximum Gasteiger partial charge on any atom is 0.294 e. The van der Waals surface area contributed by atoms with Gasteiger partial charge in [-0.25, -0.2) is 0 Å². The minimum atomic E-state index is -0.255. The second-order valence-electron chi connectivity index (χ2n) is 8.82. The molecule has 1 fully saturated rings. The van der Waals surface area contributed by atoms with Gasteiger partial charge in [0.1, 0.15) is 0 Å². The molecular weight excluding hydrogens is 446 g/mol. The van der Waals surface area contributed by atoms with Crippen molar-refractivity contribution in [1.29, 1.82) is 0 Å². The van der Waals surface area contributed by atoms with Crippen LogP contribution in [0, 0.1) is 0 Å². The standard InChI is InChI=1S/C27H27N3O5/c1-18-17-29(27(33)25-4-3-13-35-25)24-16-22(9-10-23(24)30(18)19(2)31)20-5-7-21(8-6-20)26(32)28-11-14-34-15-12-28/h3-10,13,16,18H,11-12,14-15,17H2,1-2H3/t18-/m0/s1. The number of rotatable bonds is 3. The van der Waals surface area contributed by atoms with Gasteiger partial charge >= 0.3 is 0 Å². The van der Waals surface area contributed by atoms with Crippen molar-refractivity contribution in [3.05, 3.63) is 72.2 Å². The third-order valence-corrected chi connectivity index (χ3v) is 6.49. The van der Waals surface area contributed by atoms with Gasteiger partial charge in [-0.2, -0.15) is 0 Å². The summed E-state index contributed by atoms with van der Waals surface area (Å²) in [5, 5.41) is 0. The highest BCUT2D eigenvalue weighted by atomic mass is 16.5. The third-order valence-electron chi connectivity index (χ3n) is 6.49. The van der Waals surface area contributed by atoms with Crippen molar-refractivity contribution in [3.8, 4) is 11.1 Å². The number of benzene rings is 2. The number of nitrogens with zero attached hydrogens (tertiary/aromatic N) is 3. The summed E-state index contributed by atoms with van der Waals surface area (Å²) in [6.07, 6.45) is 1.47. The first-order chi connectivity index (χ1) is 16.9. The normalized spacial score (nSPS) is 17.8. The molecule has 0 radical (unpaired) electrons. The van der Waals surface area contributed by atoms with E-state index in [1.54, 1.807) is 26.8 Å². The van der Waals surface area contributed by atoms with Gasteiger partial charge in [-0.3, -0.25) is 14.4 Å². The van der Waals surface area contributed by atoms with Crippen molar-refractivity contribution in [2.24, 2.45) is 0 Å². The van der Waals surface area contributed by atoms with Crippen LogP contribution in [0.1, 0.15) is 34.8 Å².